The molecular weight excluding hydrogens is 214 g/mol. The minimum Gasteiger partial charge on any atom is -0.229 e. The SMILES string of the molecule is CNS(=O)(=O)C1CCS(=O)(=O)C1C. The van der Waals surface area contributed by atoms with Crippen LogP contribution in [0.1, 0.15) is 13.3 Å². The van der Waals surface area contributed by atoms with E-state index in [-0.39, 0.29) is 12.2 Å². The third kappa shape index (κ3) is 1.87. The van der Waals surface area contributed by atoms with Crippen LogP contribution in [0.2, 0.25) is 0 Å². The summed E-state index contributed by atoms with van der Waals surface area (Å²) in [5, 5.41) is -1.58. The van der Waals surface area contributed by atoms with Crippen LogP contribution in [0.15, 0.2) is 0 Å². The number of nitrogens with one attached hydrogen (secondary N) is 1. The van der Waals surface area contributed by atoms with Crippen molar-refractivity contribution in [2.45, 2.75) is 23.8 Å². The van der Waals surface area contributed by atoms with E-state index in [0.29, 0.717) is 0 Å². The minimum atomic E-state index is -3.45. The summed E-state index contributed by atoms with van der Waals surface area (Å²) in [6.45, 7) is 1.45. The molecular formula is C6H13NO4S2. The second kappa shape index (κ2) is 3.21. The molecule has 1 fully saturated rings. The largest absolute Gasteiger partial charge is 0.229 e. The molecule has 0 amide bonds. The molecule has 1 heterocycles. The zero-order valence-electron chi connectivity index (χ0n) is 7.52. The molecule has 5 nitrogen and oxygen atoms in total. The fraction of sp³-hybridized carbons (Fsp3) is 1.00. The molecule has 7 heteroatoms. The van der Waals surface area contributed by atoms with Gasteiger partial charge in [-0.3, -0.25) is 0 Å². The normalized spacial score (nSPS) is 33.4. The van der Waals surface area contributed by atoms with Crippen LogP contribution in [-0.2, 0) is 19.9 Å². The zero-order chi connectivity index (χ0) is 10.3. The summed E-state index contributed by atoms with van der Waals surface area (Å²) in [6, 6.07) is 0. The van der Waals surface area contributed by atoms with Gasteiger partial charge in [0.1, 0.15) is 0 Å². The number of hydrogen-bond donors (Lipinski definition) is 1. The Bertz CT molecular complexity index is 383. The van der Waals surface area contributed by atoms with Crippen LogP contribution in [0.5, 0.6) is 0 Å². The lowest BCUT2D eigenvalue weighted by Crippen LogP contribution is -2.37. The van der Waals surface area contributed by atoms with Crippen molar-refractivity contribution in [2.75, 3.05) is 12.8 Å². The van der Waals surface area contributed by atoms with E-state index >= 15 is 0 Å². The number of hydrogen-bond acceptors (Lipinski definition) is 4. The molecule has 2 unspecified atom stereocenters. The highest BCUT2D eigenvalue weighted by Crippen LogP contribution is 2.25. The molecule has 1 aliphatic rings. The molecule has 1 rings (SSSR count). The average Bonchev–Trinajstić information content (AvgIpc) is 2.28. The molecule has 13 heavy (non-hydrogen) atoms. The highest BCUT2D eigenvalue weighted by atomic mass is 32.2. The molecule has 1 N–H and O–H groups in total. The molecule has 1 aliphatic heterocycles. The zero-order valence-corrected chi connectivity index (χ0v) is 9.15. The van der Waals surface area contributed by atoms with Gasteiger partial charge in [0.15, 0.2) is 9.84 Å². The Morgan fingerprint density at radius 1 is 1.38 bits per heavy atom. The molecule has 78 valence electrons. The van der Waals surface area contributed by atoms with Crippen molar-refractivity contribution in [3.8, 4) is 0 Å². The Morgan fingerprint density at radius 3 is 2.23 bits per heavy atom. The van der Waals surface area contributed by atoms with Gasteiger partial charge in [0.25, 0.3) is 0 Å². The molecule has 0 radical (unpaired) electrons. The summed E-state index contributed by atoms with van der Waals surface area (Å²) in [4.78, 5) is 0. The van der Waals surface area contributed by atoms with Crippen molar-refractivity contribution in [3.05, 3.63) is 0 Å². The summed E-state index contributed by atoms with van der Waals surface area (Å²) in [6.07, 6.45) is 0.201. The van der Waals surface area contributed by atoms with Crippen LogP contribution in [-0.4, -0.2) is 40.1 Å². The van der Waals surface area contributed by atoms with Crippen LogP contribution in [0.4, 0.5) is 0 Å². The Hall–Kier alpha value is -0.140. The predicted molar refractivity (Wildman–Crippen MR) is 49.6 cm³/mol. The highest BCUT2D eigenvalue weighted by Gasteiger charge is 2.43. The number of sulfone groups is 1. The summed E-state index contributed by atoms with van der Waals surface area (Å²) in [5.41, 5.74) is 0. The average molecular weight is 227 g/mol. The highest BCUT2D eigenvalue weighted by molar-refractivity contribution is 7.96. The van der Waals surface area contributed by atoms with Crippen molar-refractivity contribution in [1.29, 1.82) is 0 Å². The first kappa shape index (κ1) is 10.9. The van der Waals surface area contributed by atoms with E-state index < -0.39 is 30.4 Å². The van der Waals surface area contributed by atoms with E-state index in [4.69, 9.17) is 0 Å². The van der Waals surface area contributed by atoms with Crippen molar-refractivity contribution >= 4 is 19.9 Å². The topological polar surface area (TPSA) is 80.3 Å². The Morgan fingerprint density at radius 2 is 1.92 bits per heavy atom. The summed E-state index contributed by atoms with van der Waals surface area (Å²) in [7, 11) is -5.34. The Balaban J connectivity index is 3.02. The monoisotopic (exact) mass is 227 g/mol. The van der Waals surface area contributed by atoms with Crippen LogP contribution in [0.3, 0.4) is 0 Å². The molecule has 0 bridgehead atoms. The number of rotatable bonds is 2. The van der Waals surface area contributed by atoms with E-state index in [1.54, 1.807) is 0 Å². The Labute approximate surface area is 78.5 Å². The van der Waals surface area contributed by atoms with Gasteiger partial charge in [0, 0.05) is 0 Å². The van der Waals surface area contributed by atoms with E-state index in [9.17, 15) is 16.8 Å². The van der Waals surface area contributed by atoms with E-state index in [1.165, 1.54) is 14.0 Å². The van der Waals surface area contributed by atoms with Crippen LogP contribution < -0.4 is 4.72 Å². The smallest absolute Gasteiger partial charge is 0.215 e. The van der Waals surface area contributed by atoms with E-state index in [2.05, 4.69) is 4.72 Å². The van der Waals surface area contributed by atoms with Gasteiger partial charge >= 0.3 is 0 Å². The third-order valence-corrected chi connectivity index (χ3v) is 6.91. The van der Waals surface area contributed by atoms with Gasteiger partial charge in [-0.1, -0.05) is 0 Å². The van der Waals surface area contributed by atoms with Crippen molar-refractivity contribution in [3.63, 3.8) is 0 Å². The van der Waals surface area contributed by atoms with Gasteiger partial charge in [-0.05, 0) is 20.4 Å². The van der Waals surface area contributed by atoms with Crippen molar-refractivity contribution in [2.24, 2.45) is 0 Å². The molecule has 0 aromatic carbocycles. The number of sulfonamides is 1. The van der Waals surface area contributed by atoms with Gasteiger partial charge < -0.3 is 0 Å². The maximum absolute atomic E-state index is 11.3. The fourth-order valence-corrected chi connectivity index (χ4v) is 5.38. The van der Waals surface area contributed by atoms with Gasteiger partial charge in [-0.15, -0.1) is 0 Å². The fourth-order valence-electron chi connectivity index (χ4n) is 1.49. The molecule has 2 atom stereocenters. The van der Waals surface area contributed by atoms with E-state index in [0.717, 1.165) is 0 Å². The maximum Gasteiger partial charge on any atom is 0.215 e. The second-order valence-corrected chi connectivity index (χ2v) is 7.73. The van der Waals surface area contributed by atoms with Gasteiger partial charge in [0.2, 0.25) is 10.0 Å². The van der Waals surface area contributed by atoms with Crippen molar-refractivity contribution < 1.29 is 16.8 Å². The first-order valence-electron chi connectivity index (χ1n) is 3.95. The Kier molecular flexibility index (Phi) is 2.70. The third-order valence-electron chi connectivity index (χ3n) is 2.46. The van der Waals surface area contributed by atoms with Gasteiger partial charge in [-0.25, -0.2) is 21.6 Å². The van der Waals surface area contributed by atoms with Gasteiger partial charge in [0.05, 0.1) is 16.3 Å². The molecule has 0 saturated carbocycles. The molecule has 0 aromatic heterocycles. The lowest BCUT2D eigenvalue weighted by molar-refractivity contribution is 0.564. The van der Waals surface area contributed by atoms with Crippen LogP contribution in [0, 0.1) is 0 Å². The summed E-state index contributed by atoms with van der Waals surface area (Å²) >= 11 is 0. The van der Waals surface area contributed by atoms with Crippen molar-refractivity contribution in [1.82, 2.24) is 4.72 Å². The van der Waals surface area contributed by atoms with Gasteiger partial charge in [-0.2, -0.15) is 0 Å². The first-order chi connectivity index (χ1) is 5.81. The van der Waals surface area contributed by atoms with Crippen LogP contribution >= 0.6 is 0 Å². The standard InChI is InChI=1S/C6H13NO4S2/c1-5-6(13(10,11)7-2)3-4-12(5,8)9/h5-7H,3-4H2,1-2H3. The van der Waals surface area contributed by atoms with Crippen LogP contribution in [0.25, 0.3) is 0 Å². The molecule has 0 aliphatic carbocycles. The lowest BCUT2D eigenvalue weighted by Gasteiger charge is -2.13. The lowest BCUT2D eigenvalue weighted by atomic mass is 10.3. The second-order valence-electron chi connectivity index (χ2n) is 3.15. The first-order valence-corrected chi connectivity index (χ1v) is 7.21. The summed E-state index contributed by atoms with van der Waals surface area (Å²) in [5.74, 6) is -0.0280. The van der Waals surface area contributed by atoms with E-state index in [1.807, 2.05) is 0 Å². The molecule has 1 saturated heterocycles. The minimum absolute atomic E-state index is 0.0280. The maximum atomic E-state index is 11.3. The molecule has 0 aromatic rings. The summed E-state index contributed by atoms with van der Waals surface area (Å²) < 4.78 is 47.3. The molecule has 0 spiro atoms. The predicted octanol–water partition coefficient (Wildman–Crippen LogP) is -0.889. The quantitative estimate of drug-likeness (QED) is 0.663.